The van der Waals surface area contributed by atoms with Crippen molar-refractivity contribution in [3.05, 3.63) is 71.4 Å². The second-order valence-corrected chi connectivity index (χ2v) is 8.33. The van der Waals surface area contributed by atoms with Gasteiger partial charge >= 0.3 is 11.9 Å². The van der Waals surface area contributed by atoms with E-state index in [1.165, 1.54) is 0 Å². The van der Waals surface area contributed by atoms with Crippen LogP contribution in [-0.2, 0) is 27.3 Å². The molecule has 34 heavy (non-hydrogen) atoms. The molecule has 3 aromatic rings. The number of rotatable bonds is 11. The van der Waals surface area contributed by atoms with E-state index in [9.17, 15) is 9.59 Å². The van der Waals surface area contributed by atoms with Gasteiger partial charge in [-0.15, -0.1) is 0 Å². The highest BCUT2D eigenvalue weighted by atomic mass is 16.5. The number of hydrogen-bond donors (Lipinski definition) is 2. The molecular weight excluding hydrogens is 434 g/mol. The smallest absolute Gasteiger partial charge is 0.327 e. The van der Waals surface area contributed by atoms with E-state index in [0.29, 0.717) is 30.0 Å². The minimum atomic E-state index is -1.03. The molecule has 0 saturated carbocycles. The van der Waals surface area contributed by atoms with E-state index in [-0.39, 0.29) is 18.9 Å². The molecule has 180 valence electrons. The second kappa shape index (κ2) is 11.5. The number of carboxylic acids is 1. The van der Waals surface area contributed by atoms with Gasteiger partial charge in [-0.25, -0.2) is 4.79 Å². The lowest BCUT2D eigenvalue weighted by molar-refractivity contribution is -0.149. The summed E-state index contributed by atoms with van der Waals surface area (Å²) in [5.74, 6) is -0.951. The third-order valence-corrected chi connectivity index (χ3v) is 5.29. The van der Waals surface area contributed by atoms with Crippen LogP contribution in [0.3, 0.4) is 0 Å². The van der Waals surface area contributed by atoms with Crippen molar-refractivity contribution in [1.29, 1.82) is 0 Å². The Morgan fingerprint density at radius 1 is 1.12 bits per heavy atom. The molecule has 0 aliphatic rings. The highest BCUT2D eigenvalue weighted by molar-refractivity contribution is 5.78. The molecule has 0 saturated heterocycles. The molecule has 0 aliphatic heterocycles. The van der Waals surface area contributed by atoms with Crippen LogP contribution in [0.15, 0.2) is 54.6 Å². The number of hydrogen-bond acceptors (Lipinski definition) is 6. The molecule has 1 unspecified atom stereocenters. The van der Waals surface area contributed by atoms with Crippen molar-refractivity contribution in [2.75, 3.05) is 6.61 Å². The third-order valence-electron chi connectivity index (χ3n) is 5.29. The molecule has 0 bridgehead atoms. The molecule has 0 fully saturated rings. The van der Waals surface area contributed by atoms with E-state index in [1.54, 1.807) is 32.0 Å². The average molecular weight is 466 g/mol. The van der Waals surface area contributed by atoms with Gasteiger partial charge in [0.2, 0.25) is 0 Å². The quantitative estimate of drug-likeness (QED) is 0.412. The standard InChI is InChI=1S/C26H31N3O5/c1-17(2)34-26(32)25(27)22-16-21(11-9-19(22)10-12-24(30)31)33-14-13-29-18(3)15-23(28-29)20-7-5-4-6-8-20/h4-9,11,15-17,25H,10,12-14,27H2,1-3H3,(H,30,31). The molecule has 8 heteroatoms. The van der Waals surface area contributed by atoms with Crippen molar-refractivity contribution in [1.82, 2.24) is 9.78 Å². The first-order chi connectivity index (χ1) is 16.2. The number of carboxylic acid groups (broad SMARTS) is 1. The zero-order valence-electron chi connectivity index (χ0n) is 19.7. The van der Waals surface area contributed by atoms with Crippen LogP contribution in [0.5, 0.6) is 5.75 Å². The summed E-state index contributed by atoms with van der Waals surface area (Å²) in [6, 6.07) is 16.2. The number of carbonyl (C=O) groups is 2. The Morgan fingerprint density at radius 2 is 1.85 bits per heavy atom. The predicted octanol–water partition coefficient (Wildman–Crippen LogP) is 3.91. The molecule has 8 nitrogen and oxygen atoms in total. The highest BCUT2D eigenvalue weighted by Gasteiger charge is 2.22. The predicted molar refractivity (Wildman–Crippen MR) is 128 cm³/mol. The number of ether oxygens (including phenoxy) is 2. The number of aromatic nitrogens is 2. The first kappa shape index (κ1) is 25.0. The van der Waals surface area contributed by atoms with Crippen LogP contribution < -0.4 is 10.5 Å². The monoisotopic (exact) mass is 465 g/mol. The molecule has 0 amide bonds. The lowest BCUT2D eigenvalue weighted by atomic mass is 9.97. The molecular formula is C26H31N3O5. The summed E-state index contributed by atoms with van der Waals surface area (Å²) < 4.78 is 13.1. The zero-order valence-corrected chi connectivity index (χ0v) is 19.7. The molecule has 2 aromatic carbocycles. The Bertz CT molecular complexity index is 1120. The van der Waals surface area contributed by atoms with Crippen LogP contribution >= 0.6 is 0 Å². The molecule has 1 atom stereocenters. The van der Waals surface area contributed by atoms with Gasteiger partial charge in [0, 0.05) is 17.7 Å². The maximum Gasteiger partial charge on any atom is 0.327 e. The van der Waals surface area contributed by atoms with Gasteiger partial charge in [-0.1, -0.05) is 36.4 Å². The number of aryl methyl sites for hydroxylation is 2. The Kier molecular flexibility index (Phi) is 8.43. The Hall–Kier alpha value is -3.65. The fraction of sp³-hybridized carbons (Fsp3) is 0.346. The molecule has 0 radical (unpaired) electrons. The average Bonchev–Trinajstić information content (AvgIpc) is 3.18. The summed E-state index contributed by atoms with van der Waals surface area (Å²) in [4.78, 5) is 23.4. The number of nitrogens with zero attached hydrogens (tertiary/aromatic N) is 2. The van der Waals surface area contributed by atoms with E-state index < -0.39 is 18.0 Å². The van der Waals surface area contributed by atoms with Crippen molar-refractivity contribution in [2.24, 2.45) is 5.73 Å². The summed E-state index contributed by atoms with van der Waals surface area (Å²) in [5, 5.41) is 13.7. The lowest BCUT2D eigenvalue weighted by Gasteiger charge is -2.18. The normalized spacial score (nSPS) is 11.9. The first-order valence-electron chi connectivity index (χ1n) is 11.3. The molecule has 1 aromatic heterocycles. The van der Waals surface area contributed by atoms with Gasteiger partial charge in [0.05, 0.1) is 18.3 Å². The van der Waals surface area contributed by atoms with Gasteiger partial charge in [-0.2, -0.15) is 5.10 Å². The summed E-state index contributed by atoms with van der Waals surface area (Å²) in [5.41, 5.74) is 10.3. The topological polar surface area (TPSA) is 117 Å². The first-order valence-corrected chi connectivity index (χ1v) is 11.3. The number of aliphatic carboxylic acids is 1. The highest BCUT2D eigenvalue weighted by Crippen LogP contribution is 2.25. The molecule has 0 aliphatic carbocycles. The molecule has 1 heterocycles. The minimum absolute atomic E-state index is 0.0680. The summed E-state index contributed by atoms with van der Waals surface area (Å²) in [6.45, 7) is 6.38. The summed E-state index contributed by atoms with van der Waals surface area (Å²) in [7, 11) is 0. The summed E-state index contributed by atoms with van der Waals surface area (Å²) >= 11 is 0. The maximum atomic E-state index is 12.4. The van der Waals surface area contributed by atoms with Crippen LogP contribution in [0, 0.1) is 6.92 Å². The van der Waals surface area contributed by atoms with E-state index in [1.807, 2.05) is 48.0 Å². The molecule has 0 spiro atoms. The van der Waals surface area contributed by atoms with Crippen LogP contribution in [0.25, 0.3) is 11.3 Å². The second-order valence-electron chi connectivity index (χ2n) is 8.33. The van der Waals surface area contributed by atoms with Crippen LogP contribution in [-0.4, -0.2) is 39.5 Å². The molecule has 3 rings (SSSR count). The van der Waals surface area contributed by atoms with Crippen molar-refractivity contribution in [2.45, 2.75) is 52.3 Å². The Labute approximate surface area is 199 Å². The summed E-state index contributed by atoms with van der Waals surface area (Å²) in [6.07, 6.45) is -0.123. The Balaban J connectivity index is 1.71. The molecule has 3 N–H and O–H groups in total. The van der Waals surface area contributed by atoms with Gasteiger partial charge < -0.3 is 20.3 Å². The van der Waals surface area contributed by atoms with Gasteiger partial charge in [0.15, 0.2) is 0 Å². The van der Waals surface area contributed by atoms with E-state index >= 15 is 0 Å². The number of nitrogens with two attached hydrogens (primary N) is 1. The van der Waals surface area contributed by atoms with E-state index in [4.69, 9.17) is 20.3 Å². The number of esters is 1. The van der Waals surface area contributed by atoms with Crippen molar-refractivity contribution < 1.29 is 24.2 Å². The van der Waals surface area contributed by atoms with Crippen molar-refractivity contribution >= 4 is 11.9 Å². The largest absolute Gasteiger partial charge is 0.492 e. The number of benzene rings is 2. The third kappa shape index (κ3) is 6.68. The van der Waals surface area contributed by atoms with Crippen molar-refractivity contribution in [3.63, 3.8) is 0 Å². The maximum absolute atomic E-state index is 12.4. The van der Waals surface area contributed by atoms with E-state index in [0.717, 1.165) is 17.0 Å². The lowest BCUT2D eigenvalue weighted by Crippen LogP contribution is -2.27. The van der Waals surface area contributed by atoms with Gasteiger partial charge in [0.25, 0.3) is 0 Å². The minimum Gasteiger partial charge on any atom is -0.492 e. The zero-order chi connectivity index (χ0) is 24.7. The van der Waals surface area contributed by atoms with Crippen LogP contribution in [0.2, 0.25) is 0 Å². The number of carbonyl (C=O) groups excluding carboxylic acids is 1. The fourth-order valence-electron chi connectivity index (χ4n) is 3.59. The van der Waals surface area contributed by atoms with Gasteiger partial charge in [0.1, 0.15) is 18.4 Å². The van der Waals surface area contributed by atoms with Crippen LogP contribution in [0.4, 0.5) is 0 Å². The fourth-order valence-corrected chi connectivity index (χ4v) is 3.59. The SMILES string of the molecule is Cc1cc(-c2ccccc2)nn1CCOc1ccc(CCC(=O)O)c(C(N)C(=O)OC(C)C)c1. The van der Waals surface area contributed by atoms with Crippen LogP contribution in [0.1, 0.15) is 43.1 Å². The Morgan fingerprint density at radius 3 is 2.53 bits per heavy atom. The van der Waals surface area contributed by atoms with Gasteiger partial charge in [-0.05, 0) is 56.5 Å². The van der Waals surface area contributed by atoms with E-state index in [2.05, 4.69) is 5.10 Å². The van der Waals surface area contributed by atoms with Crippen molar-refractivity contribution in [3.8, 4) is 17.0 Å². The van der Waals surface area contributed by atoms with Gasteiger partial charge in [-0.3, -0.25) is 9.48 Å².